The number of allylic oxidation sites excluding steroid dienone is 1. The zero-order valence-corrected chi connectivity index (χ0v) is 18.6. The predicted octanol–water partition coefficient (Wildman–Crippen LogP) is 8.89. The molecular weight excluding hydrogens is 332 g/mol. The van der Waals surface area contributed by atoms with Crippen LogP contribution < -0.4 is 0 Å². The maximum absolute atomic E-state index is 11.7. The Kier molecular flexibility index (Phi) is 22.6. The summed E-state index contributed by atoms with van der Waals surface area (Å²) >= 11 is 0. The van der Waals surface area contributed by atoms with Crippen molar-refractivity contribution in [3.63, 3.8) is 0 Å². The molecule has 0 N–H and O–H groups in total. The smallest absolute Gasteiger partial charge is 0.310 e. The lowest BCUT2D eigenvalue weighted by Gasteiger charge is -2.02. The summed E-state index contributed by atoms with van der Waals surface area (Å²) in [4.78, 5) is 11.7. The summed E-state index contributed by atoms with van der Waals surface area (Å²) in [5.41, 5.74) is 0. The second kappa shape index (κ2) is 23.2. The van der Waals surface area contributed by atoms with Crippen LogP contribution in [0.25, 0.3) is 0 Å². The van der Waals surface area contributed by atoms with E-state index < -0.39 is 0 Å². The minimum atomic E-state index is -0.0678. The molecule has 0 spiro atoms. The molecule has 0 saturated carbocycles. The van der Waals surface area contributed by atoms with Crippen LogP contribution in [0.5, 0.6) is 0 Å². The van der Waals surface area contributed by atoms with Crippen LogP contribution in [0.4, 0.5) is 0 Å². The van der Waals surface area contributed by atoms with Crippen molar-refractivity contribution in [3.8, 4) is 0 Å². The molecule has 0 aromatic rings. The molecule has 0 atom stereocenters. The summed E-state index contributed by atoms with van der Waals surface area (Å²) < 4.78 is 5.17. The van der Waals surface area contributed by atoms with Gasteiger partial charge in [-0.05, 0) is 25.3 Å². The van der Waals surface area contributed by atoms with E-state index >= 15 is 0 Å². The van der Waals surface area contributed by atoms with Crippen LogP contribution in [0.3, 0.4) is 0 Å². The second-order valence-electron chi connectivity index (χ2n) is 8.06. The van der Waals surface area contributed by atoms with Crippen LogP contribution in [0.15, 0.2) is 12.3 Å². The summed E-state index contributed by atoms with van der Waals surface area (Å²) in [5.74, 6) is -0.0678. The van der Waals surface area contributed by atoms with Gasteiger partial charge in [0.25, 0.3) is 0 Å². The fraction of sp³-hybridized carbons (Fsp3) is 0.880. The first-order chi connectivity index (χ1) is 13.3. The summed E-state index contributed by atoms with van der Waals surface area (Å²) in [5, 5.41) is 0. The summed E-state index contributed by atoms with van der Waals surface area (Å²) in [6.07, 6.45) is 28.9. The van der Waals surface area contributed by atoms with Crippen LogP contribution in [0.1, 0.15) is 142 Å². The molecule has 0 aromatic heterocycles. The number of unbranched alkanes of at least 4 members (excludes halogenated alkanes) is 17. The number of esters is 1. The Bertz CT molecular complexity index is 322. The monoisotopic (exact) mass is 380 g/mol. The molecule has 0 saturated heterocycles. The molecule has 0 unspecified atom stereocenters. The van der Waals surface area contributed by atoms with E-state index in [2.05, 4.69) is 13.8 Å². The van der Waals surface area contributed by atoms with Gasteiger partial charge in [0.2, 0.25) is 0 Å². The van der Waals surface area contributed by atoms with E-state index in [0.29, 0.717) is 6.42 Å². The van der Waals surface area contributed by atoms with Gasteiger partial charge in [0.1, 0.15) is 0 Å². The first-order valence-corrected chi connectivity index (χ1v) is 12.2. The molecular formula is C25H48O2. The van der Waals surface area contributed by atoms with Gasteiger partial charge in [-0.25, -0.2) is 0 Å². The summed E-state index contributed by atoms with van der Waals surface area (Å²) in [6.45, 7) is 4.52. The highest BCUT2D eigenvalue weighted by atomic mass is 16.5. The van der Waals surface area contributed by atoms with E-state index in [9.17, 15) is 4.79 Å². The molecule has 0 aromatic carbocycles. The highest BCUT2D eigenvalue weighted by Gasteiger charge is 2.00. The van der Waals surface area contributed by atoms with Crippen molar-refractivity contribution in [1.29, 1.82) is 0 Å². The molecule has 2 heteroatoms. The van der Waals surface area contributed by atoms with Gasteiger partial charge in [0, 0.05) is 6.42 Å². The normalized spacial score (nSPS) is 11.3. The number of rotatable bonds is 21. The Hall–Kier alpha value is -0.790. The third-order valence-corrected chi connectivity index (χ3v) is 5.25. The lowest BCUT2D eigenvalue weighted by atomic mass is 10.1. The minimum Gasteiger partial charge on any atom is -0.435 e. The van der Waals surface area contributed by atoms with Gasteiger partial charge >= 0.3 is 5.97 Å². The van der Waals surface area contributed by atoms with Crippen LogP contribution in [0.2, 0.25) is 0 Å². The molecule has 0 aliphatic carbocycles. The van der Waals surface area contributed by atoms with Crippen molar-refractivity contribution in [3.05, 3.63) is 12.3 Å². The van der Waals surface area contributed by atoms with Crippen LogP contribution in [-0.4, -0.2) is 5.97 Å². The van der Waals surface area contributed by atoms with Crippen LogP contribution in [-0.2, 0) is 9.53 Å². The molecule has 0 radical (unpaired) electrons. The number of hydrogen-bond acceptors (Lipinski definition) is 2. The molecule has 0 amide bonds. The Morgan fingerprint density at radius 3 is 1.48 bits per heavy atom. The average molecular weight is 381 g/mol. The highest BCUT2D eigenvalue weighted by Crippen LogP contribution is 2.12. The van der Waals surface area contributed by atoms with Crippen molar-refractivity contribution >= 4 is 5.97 Å². The summed E-state index contributed by atoms with van der Waals surface area (Å²) in [6, 6.07) is 0. The molecule has 160 valence electrons. The van der Waals surface area contributed by atoms with E-state index in [1.807, 2.05) is 6.08 Å². The number of carbonyl (C=O) groups is 1. The van der Waals surface area contributed by atoms with Gasteiger partial charge in [-0.3, -0.25) is 4.79 Å². The third kappa shape index (κ3) is 23.2. The standard InChI is InChI=1S/C25H48O2/c1-3-5-7-9-11-13-14-15-17-19-21-23-25(26)27-24-22-20-18-16-12-10-8-6-4-2/h22,24H,3-21,23H2,1-2H3. The summed E-state index contributed by atoms with van der Waals surface area (Å²) in [7, 11) is 0. The van der Waals surface area contributed by atoms with Gasteiger partial charge in [-0.2, -0.15) is 0 Å². The van der Waals surface area contributed by atoms with E-state index in [-0.39, 0.29) is 5.97 Å². The average Bonchev–Trinajstić information content (AvgIpc) is 2.67. The third-order valence-electron chi connectivity index (χ3n) is 5.25. The van der Waals surface area contributed by atoms with Gasteiger partial charge in [-0.1, -0.05) is 117 Å². The zero-order chi connectivity index (χ0) is 19.8. The fourth-order valence-electron chi connectivity index (χ4n) is 3.40. The van der Waals surface area contributed by atoms with E-state index in [1.54, 1.807) is 6.26 Å². The highest BCUT2D eigenvalue weighted by molar-refractivity contribution is 5.69. The Morgan fingerprint density at radius 1 is 0.593 bits per heavy atom. The van der Waals surface area contributed by atoms with Crippen molar-refractivity contribution in [2.45, 2.75) is 142 Å². The topological polar surface area (TPSA) is 26.3 Å². The Morgan fingerprint density at radius 2 is 1.00 bits per heavy atom. The molecule has 0 fully saturated rings. The van der Waals surface area contributed by atoms with E-state index in [0.717, 1.165) is 19.3 Å². The van der Waals surface area contributed by atoms with Gasteiger partial charge < -0.3 is 4.74 Å². The maximum atomic E-state index is 11.7. The number of hydrogen-bond donors (Lipinski definition) is 0. The van der Waals surface area contributed by atoms with Gasteiger partial charge in [-0.15, -0.1) is 0 Å². The Labute approximate surface area is 170 Å². The van der Waals surface area contributed by atoms with Crippen molar-refractivity contribution in [2.75, 3.05) is 0 Å². The molecule has 0 aliphatic heterocycles. The molecule has 27 heavy (non-hydrogen) atoms. The van der Waals surface area contributed by atoms with E-state index in [4.69, 9.17) is 4.74 Å². The quantitative estimate of drug-likeness (QED) is 0.113. The predicted molar refractivity (Wildman–Crippen MR) is 119 cm³/mol. The Balaban J connectivity index is 3.23. The first-order valence-electron chi connectivity index (χ1n) is 12.2. The molecule has 0 rings (SSSR count). The lowest BCUT2D eigenvalue weighted by molar-refractivity contribution is -0.138. The fourth-order valence-corrected chi connectivity index (χ4v) is 3.40. The molecule has 0 aliphatic rings. The van der Waals surface area contributed by atoms with Crippen molar-refractivity contribution in [2.24, 2.45) is 0 Å². The van der Waals surface area contributed by atoms with Crippen molar-refractivity contribution < 1.29 is 9.53 Å². The van der Waals surface area contributed by atoms with Crippen LogP contribution >= 0.6 is 0 Å². The first kappa shape index (κ1) is 26.2. The lowest BCUT2D eigenvalue weighted by Crippen LogP contribution is -1.98. The largest absolute Gasteiger partial charge is 0.435 e. The number of ether oxygens (including phenoxy) is 1. The van der Waals surface area contributed by atoms with Gasteiger partial charge in [0.05, 0.1) is 6.26 Å². The number of carbonyl (C=O) groups excluding carboxylic acids is 1. The molecule has 2 nitrogen and oxygen atoms in total. The second-order valence-corrected chi connectivity index (χ2v) is 8.06. The molecule has 0 heterocycles. The van der Waals surface area contributed by atoms with Crippen LogP contribution in [0, 0.1) is 0 Å². The van der Waals surface area contributed by atoms with E-state index in [1.165, 1.54) is 103 Å². The SMILES string of the molecule is CCCCCCCCCC=COC(=O)CCCCCCCCCCCCC. The van der Waals surface area contributed by atoms with Crippen molar-refractivity contribution in [1.82, 2.24) is 0 Å². The minimum absolute atomic E-state index is 0.0678. The maximum Gasteiger partial charge on any atom is 0.310 e. The zero-order valence-electron chi connectivity index (χ0n) is 18.6. The molecule has 0 bridgehead atoms. The van der Waals surface area contributed by atoms with Gasteiger partial charge in [0.15, 0.2) is 0 Å².